The summed E-state index contributed by atoms with van der Waals surface area (Å²) in [6.07, 6.45) is 2.47. The molecule has 0 saturated carbocycles. The van der Waals surface area contributed by atoms with Gasteiger partial charge >= 0.3 is 6.03 Å². The Kier molecular flexibility index (Phi) is 5.82. The largest absolute Gasteiger partial charge is 0.338 e. The van der Waals surface area contributed by atoms with E-state index in [0.29, 0.717) is 53.1 Å². The van der Waals surface area contributed by atoms with E-state index in [1.165, 1.54) is 6.07 Å². The molecule has 5 rings (SSSR count). The van der Waals surface area contributed by atoms with Gasteiger partial charge in [0.15, 0.2) is 0 Å². The molecular formula is C26H23FN6O2. The molecule has 35 heavy (non-hydrogen) atoms. The number of hydrogen-bond acceptors (Lipinski definition) is 5. The molecule has 2 aromatic heterocycles. The average Bonchev–Trinajstić information content (AvgIpc) is 3.26. The average molecular weight is 471 g/mol. The van der Waals surface area contributed by atoms with Gasteiger partial charge in [-0.15, -0.1) is 0 Å². The minimum absolute atomic E-state index is 0.245. The number of amides is 2. The third-order valence-electron chi connectivity index (χ3n) is 6.03. The quantitative estimate of drug-likeness (QED) is 0.420. The molecule has 0 atom stereocenters. The zero-order valence-corrected chi connectivity index (χ0v) is 19.3. The number of H-pyrrole nitrogens is 1. The van der Waals surface area contributed by atoms with Crippen molar-refractivity contribution >= 4 is 28.3 Å². The van der Waals surface area contributed by atoms with Crippen molar-refractivity contribution in [2.75, 3.05) is 6.54 Å². The fraction of sp³-hybridized carbons (Fsp3) is 0.192. The number of aliphatic imine (C=N–C) groups is 1. The third kappa shape index (κ3) is 4.28. The second kappa shape index (κ2) is 9.09. The number of fused-ring (bicyclic) bond motifs is 2. The van der Waals surface area contributed by atoms with Crippen LogP contribution in [0.3, 0.4) is 0 Å². The summed E-state index contributed by atoms with van der Waals surface area (Å²) in [5.41, 5.74) is 4.50. The SMILES string of the molecule is CCNC(=O)NC1=Nc2c(ncc(-c3cc(Cc4n[nH]c(=O)c5ccccc45)ccc3F)c2C)C1. The summed E-state index contributed by atoms with van der Waals surface area (Å²) < 4.78 is 15.0. The number of rotatable bonds is 4. The first kappa shape index (κ1) is 22.4. The van der Waals surface area contributed by atoms with E-state index in [1.54, 1.807) is 30.5 Å². The molecule has 2 amide bonds. The minimum atomic E-state index is -0.375. The van der Waals surface area contributed by atoms with Crippen molar-refractivity contribution in [2.45, 2.75) is 26.7 Å². The van der Waals surface area contributed by atoms with Gasteiger partial charge in [0.05, 0.1) is 28.9 Å². The van der Waals surface area contributed by atoms with Gasteiger partial charge in [-0.1, -0.05) is 24.3 Å². The molecular weight excluding hydrogens is 447 g/mol. The monoisotopic (exact) mass is 470 g/mol. The highest BCUT2D eigenvalue weighted by Crippen LogP contribution is 2.36. The number of urea groups is 1. The maximum atomic E-state index is 15.0. The zero-order chi connectivity index (χ0) is 24.5. The predicted octanol–water partition coefficient (Wildman–Crippen LogP) is 3.93. The van der Waals surface area contributed by atoms with E-state index in [0.717, 1.165) is 22.2 Å². The fourth-order valence-corrected chi connectivity index (χ4v) is 4.32. The van der Waals surface area contributed by atoms with Gasteiger partial charge in [0.2, 0.25) is 0 Å². The van der Waals surface area contributed by atoms with Crippen LogP contribution in [0.2, 0.25) is 0 Å². The highest BCUT2D eigenvalue weighted by Gasteiger charge is 2.22. The number of nitrogens with one attached hydrogen (secondary N) is 3. The van der Waals surface area contributed by atoms with Gasteiger partial charge in [-0.05, 0) is 43.2 Å². The van der Waals surface area contributed by atoms with E-state index in [4.69, 9.17) is 0 Å². The van der Waals surface area contributed by atoms with E-state index in [9.17, 15) is 14.0 Å². The Hall–Kier alpha value is -4.40. The molecule has 9 heteroatoms. The van der Waals surface area contributed by atoms with Gasteiger partial charge in [0.1, 0.15) is 11.7 Å². The van der Waals surface area contributed by atoms with Crippen LogP contribution < -0.4 is 16.2 Å². The first-order valence-electron chi connectivity index (χ1n) is 11.3. The van der Waals surface area contributed by atoms with Crippen molar-refractivity contribution in [3.8, 4) is 11.1 Å². The fourth-order valence-electron chi connectivity index (χ4n) is 4.32. The summed E-state index contributed by atoms with van der Waals surface area (Å²) >= 11 is 0. The molecule has 0 bridgehead atoms. The smallest absolute Gasteiger partial charge is 0.320 e. The number of nitrogens with zero attached hydrogens (tertiary/aromatic N) is 3. The van der Waals surface area contributed by atoms with Crippen molar-refractivity contribution in [1.29, 1.82) is 0 Å². The molecule has 0 fully saturated rings. The number of amidine groups is 1. The number of carbonyl (C=O) groups excluding carboxylic acids is 1. The lowest BCUT2D eigenvalue weighted by Gasteiger charge is -2.12. The van der Waals surface area contributed by atoms with E-state index in [-0.39, 0.29) is 17.4 Å². The molecule has 2 aromatic carbocycles. The lowest BCUT2D eigenvalue weighted by Crippen LogP contribution is -2.39. The Morgan fingerprint density at radius 1 is 1.14 bits per heavy atom. The van der Waals surface area contributed by atoms with Crippen molar-refractivity contribution in [1.82, 2.24) is 25.8 Å². The second-order valence-electron chi connectivity index (χ2n) is 8.35. The Balaban J connectivity index is 1.49. The van der Waals surface area contributed by atoms with Gasteiger partial charge in [-0.25, -0.2) is 19.3 Å². The van der Waals surface area contributed by atoms with Gasteiger partial charge in [-0.3, -0.25) is 15.1 Å². The Bertz CT molecular complexity index is 1560. The Morgan fingerprint density at radius 3 is 2.74 bits per heavy atom. The number of halogens is 1. The van der Waals surface area contributed by atoms with Crippen LogP contribution in [0.15, 0.2) is 58.4 Å². The van der Waals surface area contributed by atoms with Crippen LogP contribution in [0.5, 0.6) is 0 Å². The molecule has 4 aromatic rings. The van der Waals surface area contributed by atoms with Crippen molar-refractivity contribution in [3.63, 3.8) is 0 Å². The summed E-state index contributed by atoms with van der Waals surface area (Å²) in [5, 5.41) is 13.5. The summed E-state index contributed by atoms with van der Waals surface area (Å²) in [6, 6.07) is 11.9. The molecule has 8 nitrogen and oxygen atoms in total. The minimum Gasteiger partial charge on any atom is -0.338 e. The topological polar surface area (TPSA) is 112 Å². The maximum Gasteiger partial charge on any atom is 0.320 e. The van der Waals surface area contributed by atoms with Crippen molar-refractivity contribution in [2.24, 2.45) is 4.99 Å². The number of pyridine rings is 1. The summed E-state index contributed by atoms with van der Waals surface area (Å²) in [6.45, 7) is 4.21. The lowest BCUT2D eigenvalue weighted by molar-refractivity contribution is 0.245. The standard InChI is InChI=1S/C26H23FN6O2/c1-3-28-26(35)31-23-12-22-24(30-23)14(2)19(13-29-22)18-10-15(8-9-20(18)27)11-21-16-6-4-5-7-17(16)25(34)33-32-21/h4-10,13H,3,11-12H2,1-2H3,(H,33,34)(H2,28,30,31,35). The van der Waals surface area contributed by atoms with Gasteiger partial charge in [-0.2, -0.15) is 5.10 Å². The number of hydrogen-bond donors (Lipinski definition) is 3. The van der Waals surface area contributed by atoms with Gasteiger partial charge < -0.3 is 5.32 Å². The number of aromatic amines is 1. The first-order chi connectivity index (χ1) is 16.9. The number of aromatic nitrogens is 3. The maximum absolute atomic E-state index is 15.0. The highest BCUT2D eigenvalue weighted by molar-refractivity contribution is 6.02. The molecule has 1 aliphatic heterocycles. The second-order valence-corrected chi connectivity index (χ2v) is 8.35. The van der Waals surface area contributed by atoms with Crippen LogP contribution in [0.4, 0.5) is 14.9 Å². The van der Waals surface area contributed by atoms with E-state index in [2.05, 4.69) is 30.8 Å². The summed E-state index contributed by atoms with van der Waals surface area (Å²) in [5.74, 6) is 0.129. The summed E-state index contributed by atoms with van der Waals surface area (Å²) in [4.78, 5) is 33.0. The number of carbonyl (C=O) groups is 1. The van der Waals surface area contributed by atoms with Crippen LogP contribution in [-0.2, 0) is 12.8 Å². The van der Waals surface area contributed by atoms with Crippen LogP contribution in [-0.4, -0.2) is 33.6 Å². The zero-order valence-electron chi connectivity index (χ0n) is 19.3. The normalized spacial score (nSPS) is 12.4. The molecule has 3 heterocycles. The molecule has 3 N–H and O–H groups in total. The van der Waals surface area contributed by atoms with Crippen molar-refractivity contribution < 1.29 is 9.18 Å². The van der Waals surface area contributed by atoms with Crippen LogP contribution in [0.1, 0.15) is 29.4 Å². The third-order valence-corrected chi connectivity index (χ3v) is 6.03. The molecule has 0 saturated heterocycles. The highest BCUT2D eigenvalue weighted by atomic mass is 19.1. The van der Waals surface area contributed by atoms with E-state index < -0.39 is 0 Å². The first-order valence-corrected chi connectivity index (χ1v) is 11.3. The Morgan fingerprint density at radius 2 is 1.94 bits per heavy atom. The number of benzene rings is 2. The van der Waals surface area contributed by atoms with E-state index >= 15 is 0 Å². The van der Waals surface area contributed by atoms with Gasteiger partial charge in [0, 0.05) is 35.7 Å². The molecule has 176 valence electrons. The summed E-state index contributed by atoms with van der Waals surface area (Å²) in [7, 11) is 0. The molecule has 0 aliphatic carbocycles. The molecule has 0 radical (unpaired) electrons. The van der Waals surface area contributed by atoms with Crippen LogP contribution in [0.25, 0.3) is 21.9 Å². The van der Waals surface area contributed by atoms with E-state index in [1.807, 2.05) is 26.0 Å². The molecule has 0 spiro atoms. The predicted molar refractivity (Wildman–Crippen MR) is 133 cm³/mol. The molecule has 1 aliphatic rings. The van der Waals surface area contributed by atoms with Crippen molar-refractivity contribution in [3.05, 3.63) is 87.3 Å². The van der Waals surface area contributed by atoms with Crippen LogP contribution >= 0.6 is 0 Å². The Labute approximate surface area is 200 Å². The van der Waals surface area contributed by atoms with Gasteiger partial charge in [0.25, 0.3) is 5.56 Å². The van der Waals surface area contributed by atoms with Crippen LogP contribution in [0, 0.1) is 12.7 Å². The lowest BCUT2D eigenvalue weighted by atomic mass is 9.96. The molecule has 0 unspecified atom stereocenters.